The van der Waals surface area contributed by atoms with Gasteiger partial charge in [0.15, 0.2) is 11.6 Å². The summed E-state index contributed by atoms with van der Waals surface area (Å²) < 4.78 is 29.7. The Balaban J connectivity index is 1.25. The lowest BCUT2D eigenvalue weighted by Gasteiger charge is -2.08. The minimum Gasteiger partial charge on any atom is -0.362 e. The zero-order chi connectivity index (χ0) is 27.7. The molecule has 0 unspecified atom stereocenters. The van der Waals surface area contributed by atoms with Gasteiger partial charge in [0.25, 0.3) is 17.4 Å². The maximum absolute atomic E-state index is 13.6. The van der Waals surface area contributed by atoms with E-state index in [0.717, 1.165) is 29.0 Å². The molecule has 0 spiro atoms. The van der Waals surface area contributed by atoms with Gasteiger partial charge in [-0.15, -0.1) is 0 Å². The number of carbonyl (C=O) groups is 2. The van der Waals surface area contributed by atoms with Crippen LogP contribution in [-0.4, -0.2) is 32.7 Å². The number of hydrogen-bond donors (Lipinski definition) is 3. The van der Waals surface area contributed by atoms with Crippen molar-refractivity contribution >= 4 is 35.2 Å². The first kappa shape index (κ1) is 25.7. The Hall–Kier alpha value is -4.99. The number of carbonyl (C=O) groups excluding carboxylic acids is 2. The van der Waals surface area contributed by atoms with Crippen LogP contribution in [0.5, 0.6) is 0 Å². The summed E-state index contributed by atoms with van der Waals surface area (Å²) in [4.78, 5) is 41.3. The number of halogens is 2. The molecule has 0 fully saturated rings. The van der Waals surface area contributed by atoms with Gasteiger partial charge in [0.1, 0.15) is 5.56 Å². The zero-order valence-electron chi connectivity index (χ0n) is 21.2. The van der Waals surface area contributed by atoms with E-state index < -0.39 is 23.1 Å². The second kappa shape index (κ2) is 10.4. The molecule has 5 rings (SSSR count). The van der Waals surface area contributed by atoms with Crippen LogP contribution in [0.4, 0.5) is 14.5 Å². The number of aromatic nitrogens is 3. The Labute approximate surface area is 222 Å². The first-order chi connectivity index (χ1) is 18.7. The zero-order valence-corrected chi connectivity index (χ0v) is 21.2. The topological polar surface area (TPSA) is 101 Å². The van der Waals surface area contributed by atoms with Crippen molar-refractivity contribution in [1.29, 1.82) is 0 Å². The molecule has 1 aliphatic rings. The van der Waals surface area contributed by atoms with Gasteiger partial charge in [-0.05, 0) is 54.5 Å². The number of fused-ring (bicyclic) bond motifs is 1. The molecule has 3 heterocycles. The molecule has 198 valence electrons. The summed E-state index contributed by atoms with van der Waals surface area (Å²) in [7, 11) is 1.62. The number of H-pyrrole nitrogens is 1. The largest absolute Gasteiger partial charge is 0.362 e. The van der Waals surface area contributed by atoms with Crippen LogP contribution >= 0.6 is 0 Å². The summed E-state index contributed by atoms with van der Waals surface area (Å²) in [6.45, 7) is 1.79. The van der Waals surface area contributed by atoms with E-state index >= 15 is 0 Å². The smallest absolute Gasteiger partial charge is 0.280 e. The quantitative estimate of drug-likeness (QED) is 0.315. The van der Waals surface area contributed by atoms with Crippen molar-refractivity contribution < 1.29 is 18.4 Å². The van der Waals surface area contributed by atoms with Gasteiger partial charge in [0, 0.05) is 42.4 Å². The van der Waals surface area contributed by atoms with Crippen LogP contribution in [0.1, 0.15) is 38.4 Å². The number of hydrogen-bond acceptors (Lipinski definition) is 3. The average Bonchev–Trinajstić information content (AvgIpc) is 3.59. The summed E-state index contributed by atoms with van der Waals surface area (Å²) in [5.41, 5.74) is 4.03. The van der Waals surface area contributed by atoms with Crippen molar-refractivity contribution in [2.24, 2.45) is 7.05 Å². The highest BCUT2D eigenvalue weighted by molar-refractivity contribution is 6.34. The van der Waals surface area contributed by atoms with Gasteiger partial charge >= 0.3 is 0 Å². The molecule has 8 nitrogen and oxygen atoms in total. The van der Waals surface area contributed by atoms with E-state index in [1.54, 1.807) is 38.4 Å². The summed E-state index contributed by atoms with van der Waals surface area (Å²) in [6.07, 6.45) is 7.13. The molecule has 10 heteroatoms. The lowest BCUT2D eigenvalue weighted by Crippen LogP contribution is -2.31. The van der Waals surface area contributed by atoms with Crippen molar-refractivity contribution in [3.05, 3.63) is 116 Å². The van der Waals surface area contributed by atoms with Crippen molar-refractivity contribution in [1.82, 2.24) is 19.7 Å². The molecule has 0 aliphatic carbocycles. The lowest BCUT2D eigenvalue weighted by molar-refractivity contribution is -0.110. The molecule has 2 amide bonds. The third-order valence-corrected chi connectivity index (χ3v) is 6.64. The fraction of sp³-hybridized carbons (Fsp3) is 0.138. The van der Waals surface area contributed by atoms with Gasteiger partial charge < -0.3 is 15.6 Å². The minimum absolute atomic E-state index is 0.0165. The van der Waals surface area contributed by atoms with Crippen molar-refractivity contribution in [2.75, 3.05) is 11.9 Å². The first-order valence-corrected chi connectivity index (χ1v) is 12.2. The average molecular weight is 530 g/mol. The van der Waals surface area contributed by atoms with Gasteiger partial charge in [-0.3, -0.25) is 19.1 Å². The van der Waals surface area contributed by atoms with E-state index in [-0.39, 0.29) is 24.6 Å². The molecule has 2 aromatic heterocycles. The SMILES string of the molecule is Cc1c(C(=O)NCC=Cc2ccc3c(c2)NC(=O)C3=Cc2ccc[nH]2)c(=O)n(Cc2ccc(F)c(F)c2)n1C. The van der Waals surface area contributed by atoms with Gasteiger partial charge in [-0.1, -0.05) is 30.4 Å². The number of aromatic amines is 1. The van der Waals surface area contributed by atoms with Gasteiger partial charge in [-0.2, -0.15) is 0 Å². The van der Waals surface area contributed by atoms with E-state index in [9.17, 15) is 23.2 Å². The molecular formula is C29H25F2N5O3. The van der Waals surface area contributed by atoms with Crippen molar-refractivity contribution in [3.63, 3.8) is 0 Å². The maximum Gasteiger partial charge on any atom is 0.280 e. The van der Waals surface area contributed by atoms with E-state index in [1.807, 2.05) is 30.3 Å². The number of nitrogens with one attached hydrogen (secondary N) is 3. The number of benzene rings is 2. The molecule has 2 aromatic carbocycles. The van der Waals surface area contributed by atoms with Crippen molar-refractivity contribution in [3.8, 4) is 0 Å². The van der Waals surface area contributed by atoms with E-state index in [4.69, 9.17) is 0 Å². The van der Waals surface area contributed by atoms with E-state index in [1.165, 1.54) is 15.4 Å². The highest BCUT2D eigenvalue weighted by Crippen LogP contribution is 2.33. The second-order valence-corrected chi connectivity index (χ2v) is 9.15. The Morgan fingerprint density at radius 3 is 2.64 bits per heavy atom. The Morgan fingerprint density at radius 1 is 1.08 bits per heavy atom. The summed E-state index contributed by atoms with van der Waals surface area (Å²) in [5.74, 6) is -2.69. The highest BCUT2D eigenvalue weighted by atomic mass is 19.2. The Kier molecular flexibility index (Phi) is 6.84. The molecule has 1 aliphatic heterocycles. The fourth-order valence-electron chi connectivity index (χ4n) is 4.50. The Morgan fingerprint density at radius 2 is 1.90 bits per heavy atom. The van der Waals surface area contributed by atoms with Crippen molar-refractivity contribution in [2.45, 2.75) is 13.5 Å². The molecule has 3 N–H and O–H groups in total. The predicted molar refractivity (Wildman–Crippen MR) is 145 cm³/mol. The molecule has 0 saturated heterocycles. The van der Waals surface area contributed by atoms with E-state index in [0.29, 0.717) is 22.5 Å². The number of anilines is 1. The highest BCUT2D eigenvalue weighted by Gasteiger charge is 2.24. The van der Waals surface area contributed by atoms with Crippen LogP contribution in [-0.2, 0) is 18.4 Å². The van der Waals surface area contributed by atoms with Gasteiger partial charge in [0.2, 0.25) is 0 Å². The van der Waals surface area contributed by atoms with Gasteiger partial charge in [0.05, 0.1) is 12.1 Å². The van der Waals surface area contributed by atoms with E-state index in [2.05, 4.69) is 15.6 Å². The summed E-state index contributed by atoms with van der Waals surface area (Å²) in [6, 6.07) is 12.7. The second-order valence-electron chi connectivity index (χ2n) is 9.15. The monoisotopic (exact) mass is 529 g/mol. The van der Waals surface area contributed by atoms with Crippen LogP contribution in [0.3, 0.4) is 0 Å². The molecular weight excluding hydrogens is 504 g/mol. The molecule has 39 heavy (non-hydrogen) atoms. The third-order valence-electron chi connectivity index (χ3n) is 6.64. The van der Waals surface area contributed by atoms with Gasteiger partial charge in [-0.25, -0.2) is 13.5 Å². The van der Waals surface area contributed by atoms with Crippen LogP contribution in [0.15, 0.2) is 65.6 Å². The molecule has 0 radical (unpaired) electrons. The summed E-state index contributed by atoms with van der Waals surface area (Å²) >= 11 is 0. The fourth-order valence-corrected chi connectivity index (χ4v) is 4.50. The molecule has 4 aromatic rings. The standard InChI is InChI=1S/C29H25F2N5O3/c1-17-26(29(39)36(35(17)2)16-19-8-10-23(30)24(31)13-19)28(38)33-12-3-5-18-7-9-21-22(15-20-6-4-11-32-20)27(37)34-25(21)14-18/h3-11,13-15,32H,12,16H2,1-2H3,(H,33,38)(H,34,37). The number of rotatable bonds is 7. The Bertz CT molecular complexity index is 1710. The van der Waals surface area contributed by atoms with Crippen LogP contribution < -0.4 is 16.2 Å². The first-order valence-electron chi connectivity index (χ1n) is 12.2. The van der Waals surface area contributed by atoms with Crippen LogP contribution in [0.25, 0.3) is 17.7 Å². The minimum atomic E-state index is -1.00. The third kappa shape index (κ3) is 5.08. The summed E-state index contributed by atoms with van der Waals surface area (Å²) in [5, 5.41) is 5.59. The predicted octanol–water partition coefficient (Wildman–Crippen LogP) is 4.09. The lowest BCUT2D eigenvalue weighted by atomic mass is 10.0. The molecule has 0 saturated carbocycles. The molecule has 0 atom stereocenters. The number of amides is 2. The maximum atomic E-state index is 13.6. The van der Waals surface area contributed by atoms with Crippen LogP contribution in [0, 0.1) is 18.6 Å². The number of nitrogens with zero attached hydrogens (tertiary/aromatic N) is 2. The molecule has 0 bridgehead atoms. The van der Waals surface area contributed by atoms with Crippen LogP contribution in [0.2, 0.25) is 0 Å². The normalized spacial score (nSPS) is 13.7.